The summed E-state index contributed by atoms with van der Waals surface area (Å²) in [5.41, 5.74) is 1.41. The van der Waals surface area contributed by atoms with Gasteiger partial charge in [0, 0.05) is 5.92 Å². The minimum atomic E-state index is 0.579. The van der Waals surface area contributed by atoms with Gasteiger partial charge in [0.05, 0.1) is 15.7 Å². The fourth-order valence-electron chi connectivity index (χ4n) is 1.20. The van der Waals surface area contributed by atoms with Crippen LogP contribution in [0.2, 0.25) is 13.6 Å². The van der Waals surface area contributed by atoms with Gasteiger partial charge >= 0.3 is 0 Å². The Morgan fingerprint density at radius 3 is 1.71 bits per heavy atom. The molecule has 1 unspecified atom stereocenters. The van der Waals surface area contributed by atoms with E-state index in [0.717, 1.165) is 0 Å². The third kappa shape index (κ3) is 9.99. The monoisotopic (exact) mass is 228 g/mol. The third-order valence-electron chi connectivity index (χ3n) is 1.71. The maximum atomic E-state index is 4.50. The Bertz CT molecular complexity index is 235. The molecule has 2 rings (SSSR count). The molecule has 92 valence electrons. The first-order valence-electron chi connectivity index (χ1n) is 6.35. The van der Waals surface area contributed by atoms with Gasteiger partial charge in [-0.2, -0.15) is 0 Å². The fourth-order valence-corrected chi connectivity index (χ4v) is 1.20. The smallest absolute Gasteiger partial charge is 0.0606 e. The summed E-state index contributed by atoms with van der Waals surface area (Å²) in [6, 6.07) is 0. The van der Waals surface area contributed by atoms with E-state index >= 15 is 0 Å². The van der Waals surface area contributed by atoms with E-state index in [9.17, 15) is 0 Å². The van der Waals surface area contributed by atoms with Crippen molar-refractivity contribution in [2.45, 2.75) is 41.3 Å². The molecule has 0 fully saturated rings. The SMILES string of the molecule is C1=CC2=CC=CC2C=C1.CC.CC.[B]C.[B]C. The molecule has 0 aromatic carbocycles. The molecular weight excluding hydrogens is 202 g/mol. The predicted octanol–water partition coefficient (Wildman–Crippen LogP) is 4.68. The van der Waals surface area contributed by atoms with Gasteiger partial charge in [-0.25, -0.2) is 0 Å². The molecule has 17 heavy (non-hydrogen) atoms. The summed E-state index contributed by atoms with van der Waals surface area (Å²) in [6.45, 7) is 11.0. The highest BCUT2D eigenvalue weighted by Gasteiger charge is 2.09. The molecule has 0 aliphatic heterocycles. The zero-order valence-corrected chi connectivity index (χ0v) is 12.3. The van der Waals surface area contributed by atoms with Crippen molar-refractivity contribution in [2.24, 2.45) is 5.92 Å². The molecule has 0 aromatic rings. The van der Waals surface area contributed by atoms with Crippen LogP contribution in [-0.2, 0) is 0 Å². The average molecular weight is 228 g/mol. The van der Waals surface area contributed by atoms with Crippen LogP contribution in [0.25, 0.3) is 0 Å². The molecule has 0 N–H and O–H groups in total. The molecule has 0 nitrogen and oxygen atoms in total. The van der Waals surface area contributed by atoms with Gasteiger partial charge < -0.3 is 0 Å². The van der Waals surface area contributed by atoms with Crippen molar-refractivity contribution in [3.8, 4) is 0 Å². The first-order chi connectivity index (χ1) is 8.47. The van der Waals surface area contributed by atoms with Gasteiger partial charge in [0.1, 0.15) is 0 Å². The highest BCUT2D eigenvalue weighted by Crippen LogP contribution is 2.24. The molecule has 0 amide bonds. The summed E-state index contributed by atoms with van der Waals surface area (Å²) < 4.78 is 0. The van der Waals surface area contributed by atoms with Crippen LogP contribution in [0.3, 0.4) is 0 Å². The maximum absolute atomic E-state index is 4.50. The lowest BCUT2D eigenvalue weighted by Crippen LogP contribution is -1.92. The zero-order valence-electron chi connectivity index (χ0n) is 12.3. The molecule has 2 aliphatic rings. The zero-order chi connectivity index (χ0) is 14.1. The molecule has 0 saturated heterocycles. The summed E-state index contributed by atoms with van der Waals surface area (Å²) in [5, 5.41) is 0. The Morgan fingerprint density at radius 1 is 0.765 bits per heavy atom. The van der Waals surface area contributed by atoms with E-state index in [-0.39, 0.29) is 0 Å². The summed E-state index contributed by atoms with van der Waals surface area (Å²) in [5.74, 6) is 0.579. The fraction of sp³-hybridized carbons (Fsp3) is 0.467. The van der Waals surface area contributed by atoms with E-state index in [4.69, 9.17) is 0 Å². The van der Waals surface area contributed by atoms with Crippen LogP contribution in [-0.4, -0.2) is 15.7 Å². The standard InChI is InChI=1S/C9H8.2C2H6.2CH3B/c1-2-5-9-7-3-6-8(9)4-1;4*1-2/h1-8H;2*1-2H3;2*1H3. The van der Waals surface area contributed by atoms with Crippen LogP contribution in [0, 0.1) is 5.92 Å². The average Bonchev–Trinajstić information content (AvgIpc) is 2.96. The molecule has 1 atom stereocenters. The van der Waals surface area contributed by atoms with Crippen LogP contribution in [0.5, 0.6) is 0 Å². The lowest BCUT2D eigenvalue weighted by Gasteiger charge is -2.06. The number of fused-ring (bicyclic) bond motifs is 1. The Labute approximate surface area is 111 Å². The van der Waals surface area contributed by atoms with Gasteiger partial charge in [-0.1, -0.05) is 83.9 Å². The number of hydrogen-bond acceptors (Lipinski definition) is 0. The van der Waals surface area contributed by atoms with Gasteiger partial charge in [0.15, 0.2) is 0 Å². The highest BCUT2D eigenvalue weighted by molar-refractivity contribution is 6.05. The maximum Gasteiger partial charge on any atom is 0.0606 e. The van der Waals surface area contributed by atoms with Gasteiger partial charge in [-0.3, -0.25) is 0 Å². The summed E-state index contributed by atoms with van der Waals surface area (Å²) in [7, 11) is 9.00. The second-order valence-corrected chi connectivity index (χ2v) is 2.32. The second-order valence-electron chi connectivity index (χ2n) is 2.32. The Morgan fingerprint density at radius 2 is 1.24 bits per heavy atom. The van der Waals surface area contributed by atoms with Gasteiger partial charge in [-0.05, 0) is 5.57 Å². The van der Waals surface area contributed by atoms with Crippen molar-refractivity contribution in [2.75, 3.05) is 0 Å². The van der Waals surface area contributed by atoms with Gasteiger partial charge in [0.25, 0.3) is 0 Å². The largest absolute Gasteiger partial charge is 0.0999 e. The molecule has 0 aromatic heterocycles. The molecule has 0 spiro atoms. The van der Waals surface area contributed by atoms with E-state index in [2.05, 4.69) is 58.2 Å². The predicted molar refractivity (Wildman–Crippen MR) is 84.9 cm³/mol. The minimum Gasteiger partial charge on any atom is -0.0999 e. The third-order valence-corrected chi connectivity index (χ3v) is 1.71. The normalized spacial score (nSPS) is 16.4. The topological polar surface area (TPSA) is 0 Å². The van der Waals surface area contributed by atoms with Crippen molar-refractivity contribution >= 4 is 15.7 Å². The minimum absolute atomic E-state index is 0.579. The molecule has 2 aliphatic carbocycles. The van der Waals surface area contributed by atoms with E-state index < -0.39 is 0 Å². The lowest BCUT2D eigenvalue weighted by molar-refractivity contribution is 1.02. The molecule has 0 saturated carbocycles. The Hall–Kier alpha value is -0.910. The first kappa shape index (κ1) is 21.4. The van der Waals surface area contributed by atoms with Crippen LogP contribution < -0.4 is 0 Å². The van der Waals surface area contributed by atoms with Gasteiger partial charge in [0.2, 0.25) is 0 Å². The van der Waals surface area contributed by atoms with Gasteiger partial charge in [-0.15, -0.1) is 0 Å². The lowest BCUT2D eigenvalue weighted by atomic mass is 9.99. The summed E-state index contributed by atoms with van der Waals surface area (Å²) in [4.78, 5) is 0. The summed E-state index contributed by atoms with van der Waals surface area (Å²) in [6.07, 6.45) is 15.0. The van der Waals surface area contributed by atoms with E-state index in [1.54, 1.807) is 0 Å². The number of allylic oxidation sites excluding steroid dienone is 8. The van der Waals surface area contributed by atoms with Crippen LogP contribution >= 0.6 is 0 Å². The van der Waals surface area contributed by atoms with Crippen LogP contribution in [0.1, 0.15) is 27.7 Å². The Kier molecular flexibility index (Phi) is 25.8. The van der Waals surface area contributed by atoms with Crippen molar-refractivity contribution in [3.05, 3.63) is 48.1 Å². The summed E-state index contributed by atoms with van der Waals surface area (Å²) >= 11 is 0. The number of hydrogen-bond donors (Lipinski definition) is 0. The van der Waals surface area contributed by atoms with E-state index in [1.807, 2.05) is 27.7 Å². The molecular formula is C15H26B2. The molecule has 0 heterocycles. The van der Waals surface area contributed by atoms with E-state index in [1.165, 1.54) is 19.2 Å². The molecule has 4 radical (unpaired) electrons. The van der Waals surface area contributed by atoms with Crippen molar-refractivity contribution in [1.29, 1.82) is 0 Å². The second kappa shape index (κ2) is 20.5. The number of rotatable bonds is 0. The molecule has 0 bridgehead atoms. The van der Waals surface area contributed by atoms with Crippen molar-refractivity contribution < 1.29 is 0 Å². The van der Waals surface area contributed by atoms with E-state index in [0.29, 0.717) is 5.92 Å². The Balaban J connectivity index is -0.000000212. The van der Waals surface area contributed by atoms with Crippen LogP contribution in [0.4, 0.5) is 0 Å². The van der Waals surface area contributed by atoms with Crippen molar-refractivity contribution in [3.63, 3.8) is 0 Å². The highest BCUT2D eigenvalue weighted by atomic mass is 14.1. The van der Waals surface area contributed by atoms with Crippen molar-refractivity contribution in [1.82, 2.24) is 0 Å². The van der Waals surface area contributed by atoms with Crippen LogP contribution in [0.15, 0.2) is 48.1 Å². The molecule has 2 heteroatoms. The quantitative estimate of drug-likeness (QED) is 0.528. The first-order valence-corrected chi connectivity index (χ1v) is 6.35.